The van der Waals surface area contributed by atoms with Crippen LogP contribution in [-0.4, -0.2) is 34.5 Å². The lowest BCUT2D eigenvalue weighted by atomic mass is 10.1. The summed E-state index contributed by atoms with van der Waals surface area (Å²) in [5, 5.41) is 9.56. The zero-order valence-corrected chi connectivity index (χ0v) is 23.7. The van der Waals surface area contributed by atoms with E-state index in [2.05, 4.69) is 13.8 Å². The van der Waals surface area contributed by atoms with Crippen LogP contribution in [0.3, 0.4) is 0 Å². The normalized spacial score (nSPS) is 15.3. The Bertz CT molecular complexity index is 503. The summed E-state index contributed by atoms with van der Waals surface area (Å²) in [6.45, 7) is 8.31. The molecule has 3 atom stereocenters. The van der Waals surface area contributed by atoms with E-state index in [9.17, 15) is 14.5 Å². The van der Waals surface area contributed by atoms with Crippen molar-refractivity contribution in [2.75, 3.05) is 12.4 Å². The van der Waals surface area contributed by atoms with Crippen molar-refractivity contribution < 1.29 is 23.5 Å². The first-order chi connectivity index (χ1) is 15.9. The minimum absolute atomic E-state index is 0.129. The molecule has 5 nitrogen and oxygen atoms in total. The average Bonchev–Trinajstić information content (AvgIpc) is 2.79. The number of carbonyl (C=O) groups is 1. The first-order valence-corrected chi connectivity index (χ1v) is 16.3. The van der Waals surface area contributed by atoms with Crippen LogP contribution in [0.2, 0.25) is 0 Å². The SMILES string of the molecule is CCCCCCCCCCCCS[C@H](CCCCCCC)[C@H](C)OP(=O)(OCCC)C(=O)O. The molecule has 0 spiro atoms. The van der Waals surface area contributed by atoms with Gasteiger partial charge in [-0.3, -0.25) is 4.52 Å². The second-order valence-electron chi connectivity index (χ2n) is 9.22. The second kappa shape index (κ2) is 22.4. The van der Waals surface area contributed by atoms with Gasteiger partial charge in [-0.1, -0.05) is 111 Å². The lowest BCUT2D eigenvalue weighted by Gasteiger charge is -2.26. The molecule has 0 heterocycles. The molecule has 0 aliphatic heterocycles. The Morgan fingerprint density at radius 1 is 0.788 bits per heavy atom. The van der Waals surface area contributed by atoms with Gasteiger partial charge in [-0.05, 0) is 31.9 Å². The molecular formula is C26H53O5PS. The van der Waals surface area contributed by atoms with E-state index in [1.54, 1.807) is 0 Å². The maximum absolute atomic E-state index is 12.7. The maximum atomic E-state index is 12.7. The topological polar surface area (TPSA) is 72.8 Å². The van der Waals surface area contributed by atoms with Crippen LogP contribution in [0.15, 0.2) is 0 Å². The van der Waals surface area contributed by atoms with Crippen molar-refractivity contribution in [2.24, 2.45) is 0 Å². The van der Waals surface area contributed by atoms with Gasteiger partial charge in [0.25, 0.3) is 0 Å². The van der Waals surface area contributed by atoms with Crippen LogP contribution in [0.25, 0.3) is 0 Å². The van der Waals surface area contributed by atoms with Gasteiger partial charge in [0.1, 0.15) is 0 Å². The van der Waals surface area contributed by atoms with Gasteiger partial charge in [0.2, 0.25) is 0 Å². The average molecular weight is 509 g/mol. The van der Waals surface area contributed by atoms with Gasteiger partial charge in [0.15, 0.2) is 0 Å². The fraction of sp³-hybridized carbons (Fsp3) is 0.962. The Labute approximate surface area is 209 Å². The molecule has 7 heteroatoms. The largest absolute Gasteiger partial charge is 0.472 e. The number of hydrogen-bond acceptors (Lipinski definition) is 5. The van der Waals surface area contributed by atoms with E-state index >= 15 is 0 Å². The number of hydrogen-bond donors (Lipinski definition) is 1. The highest BCUT2D eigenvalue weighted by atomic mass is 32.2. The van der Waals surface area contributed by atoms with Gasteiger partial charge in [-0.25, -0.2) is 9.36 Å². The zero-order valence-electron chi connectivity index (χ0n) is 22.0. The molecule has 0 aromatic rings. The van der Waals surface area contributed by atoms with Gasteiger partial charge in [-0.15, -0.1) is 0 Å². The molecule has 0 radical (unpaired) electrons. The zero-order chi connectivity index (χ0) is 24.8. The van der Waals surface area contributed by atoms with E-state index in [0.29, 0.717) is 6.42 Å². The summed E-state index contributed by atoms with van der Waals surface area (Å²) < 4.78 is 23.5. The summed E-state index contributed by atoms with van der Waals surface area (Å²) in [4.78, 5) is 11.6. The summed E-state index contributed by atoms with van der Waals surface area (Å²) >= 11 is 1.85. The number of unbranched alkanes of at least 4 members (excludes halogenated alkanes) is 13. The molecular weight excluding hydrogens is 455 g/mol. The molecule has 0 bridgehead atoms. The molecule has 0 fully saturated rings. The lowest BCUT2D eigenvalue weighted by molar-refractivity contribution is 0.142. The van der Waals surface area contributed by atoms with Crippen molar-refractivity contribution in [1.29, 1.82) is 0 Å². The smallest absolute Gasteiger partial charge is 0.438 e. The molecule has 198 valence electrons. The van der Waals surface area contributed by atoms with Crippen LogP contribution in [0.5, 0.6) is 0 Å². The van der Waals surface area contributed by atoms with E-state index in [4.69, 9.17) is 9.05 Å². The third-order valence-electron chi connectivity index (χ3n) is 5.95. The Hall–Kier alpha value is -0.0300. The minimum atomic E-state index is -4.13. The number of carboxylic acid groups (broad SMARTS) is 1. The molecule has 33 heavy (non-hydrogen) atoms. The molecule has 0 amide bonds. The van der Waals surface area contributed by atoms with Crippen molar-refractivity contribution >= 4 is 25.1 Å². The number of rotatable bonds is 25. The fourth-order valence-corrected chi connectivity index (χ4v) is 6.54. The van der Waals surface area contributed by atoms with Crippen LogP contribution in [0, 0.1) is 0 Å². The Balaban J connectivity index is 4.44. The molecule has 0 saturated carbocycles. The molecule has 0 saturated heterocycles. The highest BCUT2D eigenvalue weighted by Crippen LogP contribution is 2.51. The molecule has 1 unspecified atom stereocenters. The molecule has 0 rings (SSSR count). The van der Waals surface area contributed by atoms with Crippen molar-refractivity contribution in [3.05, 3.63) is 0 Å². The summed E-state index contributed by atoms with van der Waals surface area (Å²) in [6.07, 6.45) is 20.3. The Morgan fingerprint density at radius 2 is 1.27 bits per heavy atom. The van der Waals surface area contributed by atoms with E-state index in [-0.39, 0.29) is 11.9 Å². The van der Waals surface area contributed by atoms with Crippen LogP contribution in [0.1, 0.15) is 137 Å². The predicted molar refractivity (Wildman–Crippen MR) is 144 cm³/mol. The van der Waals surface area contributed by atoms with Crippen LogP contribution in [-0.2, 0) is 13.6 Å². The summed E-state index contributed by atoms with van der Waals surface area (Å²) in [7, 11) is -4.13. The summed E-state index contributed by atoms with van der Waals surface area (Å²) in [5.74, 6) is 1.04. The molecule has 0 aliphatic carbocycles. The highest BCUT2D eigenvalue weighted by molar-refractivity contribution is 7.99. The second-order valence-corrected chi connectivity index (χ2v) is 12.4. The van der Waals surface area contributed by atoms with E-state index < -0.39 is 19.4 Å². The van der Waals surface area contributed by atoms with Gasteiger partial charge >= 0.3 is 13.3 Å². The van der Waals surface area contributed by atoms with Gasteiger partial charge in [0.05, 0.1) is 12.7 Å². The lowest BCUT2D eigenvalue weighted by Crippen LogP contribution is -2.25. The quantitative estimate of drug-likeness (QED) is 0.0976. The first-order valence-electron chi connectivity index (χ1n) is 13.7. The van der Waals surface area contributed by atoms with Crippen molar-refractivity contribution in [2.45, 2.75) is 148 Å². The Kier molecular flexibility index (Phi) is 22.4. The summed E-state index contributed by atoms with van der Waals surface area (Å²) in [6, 6.07) is 0. The summed E-state index contributed by atoms with van der Waals surface area (Å²) in [5.41, 5.74) is -1.48. The van der Waals surface area contributed by atoms with Crippen LogP contribution >= 0.6 is 19.4 Å². The van der Waals surface area contributed by atoms with Gasteiger partial charge in [-0.2, -0.15) is 11.8 Å². The van der Waals surface area contributed by atoms with Crippen LogP contribution in [0.4, 0.5) is 4.79 Å². The standard InChI is InChI=1S/C26H53O5PS/c1-5-8-10-12-13-14-15-16-18-20-23-33-25(21-19-17-11-9-6-2)24(4)31-32(29,26(27)28)30-22-7-3/h24-25H,5-23H2,1-4H3,(H,27,28)/t24-,25+,32?/m0/s1. The van der Waals surface area contributed by atoms with E-state index in [0.717, 1.165) is 18.6 Å². The van der Waals surface area contributed by atoms with Crippen molar-refractivity contribution in [3.63, 3.8) is 0 Å². The highest BCUT2D eigenvalue weighted by Gasteiger charge is 2.38. The van der Waals surface area contributed by atoms with Crippen LogP contribution < -0.4 is 0 Å². The third-order valence-corrected chi connectivity index (χ3v) is 9.12. The first kappa shape index (κ1) is 33.0. The molecule has 0 aromatic carbocycles. The number of thioether (sulfide) groups is 1. The molecule has 1 N–H and O–H groups in total. The fourth-order valence-electron chi connectivity index (χ4n) is 3.86. The monoisotopic (exact) mass is 508 g/mol. The predicted octanol–water partition coefficient (Wildman–Crippen LogP) is 10.1. The van der Waals surface area contributed by atoms with Crippen molar-refractivity contribution in [1.82, 2.24) is 0 Å². The Morgan fingerprint density at radius 3 is 1.76 bits per heavy atom. The third kappa shape index (κ3) is 18.0. The maximum Gasteiger partial charge on any atom is 0.438 e. The molecule has 0 aromatic heterocycles. The minimum Gasteiger partial charge on any atom is -0.472 e. The van der Waals surface area contributed by atoms with Gasteiger partial charge < -0.3 is 9.63 Å². The van der Waals surface area contributed by atoms with Gasteiger partial charge in [0, 0.05) is 5.25 Å². The van der Waals surface area contributed by atoms with E-state index in [1.165, 1.54) is 89.9 Å². The molecule has 0 aliphatic rings. The van der Waals surface area contributed by atoms with Crippen molar-refractivity contribution in [3.8, 4) is 0 Å². The van der Waals surface area contributed by atoms with E-state index in [1.807, 2.05) is 25.6 Å².